The predicted octanol–water partition coefficient (Wildman–Crippen LogP) is 3.88. The third kappa shape index (κ3) is 3.81. The summed E-state index contributed by atoms with van der Waals surface area (Å²) in [6.07, 6.45) is -5.04. The van der Waals surface area contributed by atoms with Gasteiger partial charge in [-0.25, -0.2) is 0 Å². The van der Waals surface area contributed by atoms with Crippen LogP contribution in [-0.4, -0.2) is 6.36 Å². The Kier molecular flexibility index (Phi) is 1.79. The van der Waals surface area contributed by atoms with E-state index in [1.165, 1.54) is 0 Å². The van der Waals surface area contributed by atoms with Crippen molar-refractivity contribution >= 4 is 0 Å². The summed E-state index contributed by atoms with van der Waals surface area (Å²) < 4.78 is 70.8. The Morgan fingerprint density at radius 3 is 2.27 bits per heavy atom. The fourth-order valence-corrected chi connectivity index (χ4v) is 0.868. The minimum atomic E-state index is -5.04. The van der Waals surface area contributed by atoms with Crippen molar-refractivity contribution in [3.63, 3.8) is 0 Å². The Morgan fingerprint density at radius 2 is 1.80 bits per heavy atom. The highest BCUT2D eigenvalue weighted by molar-refractivity contribution is 5.32. The van der Waals surface area contributed by atoms with Crippen LogP contribution in [0.5, 0.6) is 5.75 Å². The van der Waals surface area contributed by atoms with Gasteiger partial charge in [0.2, 0.25) is 0 Å². The smallest absolute Gasteiger partial charge is 0.406 e. The second-order valence-corrected chi connectivity index (χ2v) is 4.00. The Bertz CT molecular complexity index is 506. The van der Waals surface area contributed by atoms with Crippen molar-refractivity contribution in [2.24, 2.45) is 0 Å². The monoisotopic (exact) mass is 222 g/mol. The Balaban J connectivity index is 3.62. The van der Waals surface area contributed by atoms with E-state index in [4.69, 9.17) is 5.48 Å². The zero-order valence-electron chi connectivity index (χ0n) is 12.5. The first-order valence-electron chi connectivity index (χ1n) is 6.23. The standard InChI is InChI=1S/C11H13F3O/c1-10(2,3)8-5-4-6-9(7-8)15-11(12,13)14/h4-7H,1-3H3/i4D,5D,6D,7D. The fourth-order valence-electron chi connectivity index (χ4n) is 0.868. The van der Waals surface area contributed by atoms with Crippen molar-refractivity contribution < 1.29 is 23.4 Å². The largest absolute Gasteiger partial charge is 0.573 e. The maximum atomic E-state index is 12.3. The van der Waals surface area contributed by atoms with E-state index in [-0.39, 0.29) is 5.56 Å². The van der Waals surface area contributed by atoms with E-state index in [0.717, 1.165) is 0 Å². The number of benzene rings is 1. The van der Waals surface area contributed by atoms with Crippen molar-refractivity contribution in [2.45, 2.75) is 32.5 Å². The molecule has 0 atom stereocenters. The van der Waals surface area contributed by atoms with Gasteiger partial charge >= 0.3 is 6.36 Å². The maximum absolute atomic E-state index is 12.3. The molecule has 0 saturated carbocycles. The van der Waals surface area contributed by atoms with Gasteiger partial charge < -0.3 is 4.74 Å². The first kappa shape index (κ1) is 7.14. The van der Waals surface area contributed by atoms with Gasteiger partial charge in [0.05, 0.1) is 5.48 Å². The second kappa shape index (κ2) is 3.76. The number of alkyl halides is 3. The zero-order chi connectivity index (χ0) is 15.2. The summed E-state index contributed by atoms with van der Waals surface area (Å²) in [7, 11) is 0. The zero-order valence-corrected chi connectivity index (χ0v) is 8.54. The molecule has 0 amide bonds. The van der Waals surface area contributed by atoms with Crippen LogP contribution >= 0.6 is 0 Å². The molecule has 0 aromatic heterocycles. The van der Waals surface area contributed by atoms with Crippen LogP contribution in [0.1, 0.15) is 31.8 Å². The van der Waals surface area contributed by atoms with Gasteiger partial charge in [-0.05, 0) is 23.1 Å². The van der Waals surface area contributed by atoms with Crippen LogP contribution in [0.3, 0.4) is 0 Å². The average molecular weight is 222 g/mol. The quantitative estimate of drug-likeness (QED) is 0.700. The number of rotatable bonds is 1. The molecule has 1 nitrogen and oxygen atoms in total. The minimum Gasteiger partial charge on any atom is -0.406 e. The number of hydrogen-bond acceptors (Lipinski definition) is 1. The molecule has 15 heavy (non-hydrogen) atoms. The maximum Gasteiger partial charge on any atom is 0.573 e. The van der Waals surface area contributed by atoms with Crippen molar-refractivity contribution in [1.82, 2.24) is 0 Å². The summed E-state index contributed by atoms with van der Waals surface area (Å²) >= 11 is 0. The highest BCUT2D eigenvalue weighted by Gasteiger charge is 2.31. The topological polar surface area (TPSA) is 9.23 Å². The SMILES string of the molecule is [2H]c1c([2H])c(OC(F)(F)F)c([2H])c(C(C)(C)C)c1[2H]. The molecule has 0 spiro atoms. The van der Waals surface area contributed by atoms with Crippen molar-refractivity contribution in [3.05, 3.63) is 29.7 Å². The van der Waals surface area contributed by atoms with Crippen molar-refractivity contribution in [3.8, 4) is 5.75 Å². The number of hydrogen-bond donors (Lipinski definition) is 0. The number of ether oxygens (including phenoxy) is 1. The van der Waals surface area contributed by atoms with Crippen LogP contribution in [0.25, 0.3) is 0 Å². The molecule has 1 aromatic rings. The summed E-state index contributed by atoms with van der Waals surface area (Å²) in [5.74, 6) is -1.03. The third-order valence-electron chi connectivity index (χ3n) is 1.57. The molecule has 0 aliphatic rings. The summed E-state index contributed by atoms with van der Waals surface area (Å²) in [5.41, 5.74) is -0.853. The Hall–Kier alpha value is -1.19. The molecule has 1 rings (SSSR count). The van der Waals surface area contributed by atoms with E-state index in [2.05, 4.69) is 4.74 Å². The highest BCUT2D eigenvalue weighted by atomic mass is 19.4. The molecule has 0 aliphatic heterocycles. The first-order chi connectivity index (χ1) is 8.36. The van der Waals surface area contributed by atoms with Gasteiger partial charge in [0.25, 0.3) is 0 Å². The van der Waals surface area contributed by atoms with E-state index >= 15 is 0 Å². The van der Waals surface area contributed by atoms with Crippen LogP contribution in [0, 0.1) is 0 Å². The van der Waals surface area contributed by atoms with E-state index < -0.39 is 41.7 Å². The molecule has 1 aromatic carbocycles. The predicted molar refractivity (Wildman–Crippen MR) is 51.8 cm³/mol. The molecule has 0 saturated heterocycles. The highest BCUT2D eigenvalue weighted by Crippen LogP contribution is 2.28. The van der Waals surface area contributed by atoms with Gasteiger partial charge in [0.1, 0.15) is 5.75 Å². The number of halogens is 3. The lowest BCUT2D eigenvalue weighted by molar-refractivity contribution is -0.274. The molecule has 0 aliphatic carbocycles. The van der Waals surface area contributed by atoms with Crippen LogP contribution in [0.2, 0.25) is 0 Å². The van der Waals surface area contributed by atoms with E-state index in [0.29, 0.717) is 0 Å². The molecule has 4 heteroatoms. The molecule has 0 bridgehead atoms. The van der Waals surface area contributed by atoms with Gasteiger partial charge in [-0.1, -0.05) is 32.9 Å². The molecular weight excluding hydrogens is 205 g/mol. The van der Waals surface area contributed by atoms with Crippen molar-refractivity contribution in [1.29, 1.82) is 0 Å². The average Bonchev–Trinajstić information content (AvgIpc) is 2.18. The molecule has 0 fully saturated rings. The van der Waals surface area contributed by atoms with Crippen LogP contribution in [0.4, 0.5) is 13.2 Å². The molecule has 84 valence electrons. The summed E-state index contributed by atoms with van der Waals surface area (Å²) in [6.45, 7) is 4.83. The van der Waals surface area contributed by atoms with Gasteiger partial charge in [0.15, 0.2) is 0 Å². The fraction of sp³-hybridized carbons (Fsp3) is 0.455. The van der Waals surface area contributed by atoms with Gasteiger partial charge in [-0.15, -0.1) is 13.2 Å². The Labute approximate surface area is 92.5 Å². The third-order valence-corrected chi connectivity index (χ3v) is 1.57. The molecular formula is C11H13F3O. The molecule has 0 radical (unpaired) electrons. The Morgan fingerprint density at radius 1 is 1.20 bits per heavy atom. The van der Waals surface area contributed by atoms with Crippen LogP contribution in [0.15, 0.2) is 24.2 Å². The van der Waals surface area contributed by atoms with Gasteiger partial charge in [-0.2, -0.15) is 0 Å². The normalized spacial score (nSPS) is 16.4. The van der Waals surface area contributed by atoms with Crippen molar-refractivity contribution in [2.75, 3.05) is 0 Å². The summed E-state index contributed by atoms with van der Waals surface area (Å²) in [5, 5.41) is 0. The lowest BCUT2D eigenvalue weighted by atomic mass is 9.87. The van der Waals surface area contributed by atoms with E-state index in [1.54, 1.807) is 20.8 Å². The lowest BCUT2D eigenvalue weighted by Gasteiger charge is -2.20. The molecule has 0 heterocycles. The first-order valence-corrected chi connectivity index (χ1v) is 4.23. The van der Waals surface area contributed by atoms with Gasteiger partial charge in [0, 0.05) is 0 Å². The van der Waals surface area contributed by atoms with E-state index in [1.807, 2.05) is 0 Å². The van der Waals surface area contributed by atoms with Crippen LogP contribution < -0.4 is 4.74 Å². The lowest BCUT2D eigenvalue weighted by Crippen LogP contribution is -2.18. The molecule has 0 N–H and O–H groups in total. The van der Waals surface area contributed by atoms with E-state index in [9.17, 15) is 13.2 Å². The summed E-state index contributed by atoms with van der Waals surface area (Å²) in [6, 6.07) is -2.67. The summed E-state index contributed by atoms with van der Waals surface area (Å²) in [4.78, 5) is 0. The molecule has 0 unspecified atom stereocenters. The minimum absolute atomic E-state index is 0.0484. The van der Waals surface area contributed by atoms with Crippen LogP contribution in [-0.2, 0) is 5.41 Å². The second-order valence-electron chi connectivity index (χ2n) is 4.00. The van der Waals surface area contributed by atoms with Gasteiger partial charge in [-0.3, -0.25) is 0 Å².